The lowest BCUT2D eigenvalue weighted by Gasteiger charge is -2.20. The Morgan fingerprint density at radius 3 is 2.37 bits per heavy atom. The molecule has 4 rings (SSSR count). The van der Waals surface area contributed by atoms with E-state index < -0.39 is 0 Å². The van der Waals surface area contributed by atoms with Crippen LogP contribution in [0.2, 0.25) is 5.02 Å². The number of amides is 1. The number of benzene rings is 2. The number of rotatable bonds is 3. The van der Waals surface area contributed by atoms with E-state index in [4.69, 9.17) is 21.1 Å². The molecule has 0 radical (unpaired) electrons. The molecule has 1 N–H and O–H groups in total. The molecule has 0 fully saturated rings. The Morgan fingerprint density at radius 2 is 1.74 bits per heavy atom. The number of aryl methyl sites for hydroxylation is 2. The van der Waals surface area contributed by atoms with E-state index in [1.807, 2.05) is 36.7 Å². The van der Waals surface area contributed by atoms with Crippen molar-refractivity contribution in [3.8, 4) is 17.2 Å². The van der Waals surface area contributed by atoms with Gasteiger partial charge in [0.05, 0.1) is 22.1 Å². The third-order valence-electron chi connectivity index (χ3n) is 4.26. The van der Waals surface area contributed by atoms with Crippen molar-refractivity contribution < 1.29 is 14.3 Å². The first-order valence-corrected chi connectivity index (χ1v) is 8.93. The average molecular weight is 384 g/mol. The van der Waals surface area contributed by atoms with Crippen LogP contribution in [0.5, 0.6) is 11.5 Å². The van der Waals surface area contributed by atoms with E-state index in [2.05, 4.69) is 10.4 Å². The summed E-state index contributed by atoms with van der Waals surface area (Å²) in [7, 11) is 0. The molecule has 1 aliphatic rings. The lowest BCUT2D eigenvalue weighted by Crippen LogP contribution is -2.17. The molecule has 0 saturated carbocycles. The van der Waals surface area contributed by atoms with Gasteiger partial charge in [-0.25, -0.2) is 4.68 Å². The minimum absolute atomic E-state index is 0.256. The summed E-state index contributed by atoms with van der Waals surface area (Å²) in [5.74, 6) is 0.896. The zero-order valence-corrected chi connectivity index (χ0v) is 15.7. The number of anilines is 1. The normalized spacial score (nSPS) is 12.7. The number of carbonyl (C=O) groups is 1. The number of halogens is 1. The Balaban J connectivity index is 1.54. The van der Waals surface area contributed by atoms with Gasteiger partial charge >= 0.3 is 0 Å². The summed E-state index contributed by atoms with van der Waals surface area (Å²) in [5, 5.41) is 7.67. The second-order valence-corrected chi connectivity index (χ2v) is 6.72. The molecule has 27 heavy (non-hydrogen) atoms. The molecular formula is C20H18ClN3O3. The number of nitrogens with one attached hydrogen (secondary N) is 1. The van der Waals surface area contributed by atoms with Crippen molar-refractivity contribution in [2.45, 2.75) is 13.8 Å². The van der Waals surface area contributed by atoms with Crippen LogP contribution in [0.1, 0.15) is 21.7 Å². The SMILES string of the molecule is Cc1cc(C)n(-c2ccc(C(=O)Nc3cc4c(cc3Cl)OCCO4)cc2)n1. The smallest absolute Gasteiger partial charge is 0.255 e. The van der Waals surface area contributed by atoms with E-state index in [1.54, 1.807) is 24.3 Å². The highest BCUT2D eigenvalue weighted by Crippen LogP contribution is 2.38. The van der Waals surface area contributed by atoms with Crippen molar-refractivity contribution in [3.63, 3.8) is 0 Å². The van der Waals surface area contributed by atoms with E-state index in [-0.39, 0.29) is 5.91 Å². The lowest BCUT2D eigenvalue weighted by molar-refractivity contribution is 0.102. The Kier molecular flexibility index (Phi) is 4.49. The lowest BCUT2D eigenvalue weighted by atomic mass is 10.2. The van der Waals surface area contributed by atoms with Gasteiger partial charge in [-0.3, -0.25) is 4.79 Å². The minimum atomic E-state index is -0.256. The topological polar surface area (TPSA) is 65.4 Å². The quantitative estimate of drug-likeness (QED) is 0.737. The number of hydrogen-bond donors (Lipinski definition) is 1. The first-order chi connectivity index (χ1) is 13.0. The molecule has 0 aliphatic carbocycles. The van der Waals surface area contributed by atoms with E-state index in [0.29, 0.717) is 41.0 Å². The summed E-state index contributed by atoms with van der Waals surface area (Å²) in [5.41, 5.74) is 3.88. The van der Waals surface area contributed by atoms with Gasteiger partial charge in [-0.1, -0.05) is 11.6 Å². The Labute approximate surface area is 161 Å². The zero-order chi connectivity index (χ0) is 19.0. The molecule has 1 aliphatic heterocycles. The highest BCUT2D eigenvalue weighted by molar-refractivity contribution is 6.34. The molecule has 0 atom stereocenters. The van der Waals surface area contributed by atoms with E-state index in [1.165, 1.54) is 0 Å². The number of hydrogen-bond acceptors (Lipinski definition) is 4. The molecule has 1 amide bonds. The van der Waals surface area contributed by atoms with Crippen LogP contribution < -0.4 is 14.8 Å². The number of nitrogens with zero attached hydrogens (tertiary/aromatic N) is 2. The van der Waals surface area contributed by atoms with Crippen molar-refractivity contribution >= 4 is 23.2 Å². The van der Waals surface area contributed by atoms with Gasteiger partial charge in [0, 0.05) is 23.4 Å². The standard InChI is InChI=1S/C20H18ClN3O3/c1-12-9-13(2)24(23-12)15-5-3-14(4-6-15)20(25)22-17-11-19-18(10-16(17)21)26-7-8-27-19/h3-6,9-11H,7-8H2,1-2H3,(H,22,25). The molecule has 6 nitrogen and oxygen atoms in total. The molecular weight excluding hydrogens is 366 g/mol. The van der Waals surface area contributed by atoms with Crippen molar-refractivity contribution in [1.82, 2.24) is 9.78 Å². The van der Waals surface area contributed by atoms with Crippen LogP contribution in [0.25, 0.3) is 5.69 Å². The third kappa shape index (κ3) is 3.48. The molecule has 7 heteroatoms. The fourth-order valence-corrected chi connectivity index (χ4v) is 3.20. The Hall–Kier alpha value is -2.99. The second-order valence-electron chi connectivity index (χ2n) is 6.32. The Morgan fingerprint density at radius 1 is 1.07 bits per heavy atom. The van der Waals surface area contributed by atoms with E-state index >= 15 is 0 Å². The maximum Gasteiger partial charge on any atom is 0.255 e. The maximum atomic E-state index is 12.6. The summed E-state index contributed by atoms with van der Waals surface area (Å²) in [4.78, 5) is 12.6. The number of aromatic nitrogens is 2. The highest BCUT2D eigenvalue weighted by atomic mass is 35.5. The maximum absolute atomic E-state index is 12.6. The largest absolute Gasteiger partial charge is 0.486 e. The summed E-state index contributed by atoms with van der Waals surface area (Å²) in [6, 6.07) is 12.6. The molecule has 0 saturated heterocycles. The van der Waals surface area contributed by atoms with Crippen LogP contribution in [0.3, 0.4) is 0 Å². The fourth-order valence-electron chi connectivity index (χ4n) is 3.00. The predicted octanol–water partition coefficient (Wildman–Crippen LogP) is 4.17. The van der Waals surface area contributed by atoms with Crippen molar-refractivity contribution in [2.24, 2.45) is 0 Å². The molecule has 0 spiro atoms. The molecule has 2 heterocycles. The monoisotopic (exact) mass is 383 g/mol. The molecule has 3 aromatic rings. The van der Waals surface area contributed by atoms with Gasteiger partial charge in [-0.15, -0.1) is 0 Å². The Bertz CT molecular complexity index is 1010. The second kappa shape index (κ2) is 6.96. The van der Waals surface area contributed by atoms with Crippen molar-refractivity contribution in [1.29, 1.82) is 0 Å². The van der Waals surface area contributed by atoms with Crippen molar-refractivity contribution in [3.05, 3.63) is 64.4 Å². The fraction of sp³-hybridized carbons (Fsp3) is 0.200. The zero-order valence-electron chi connectivity index (χ0n) is 15.0. The van der Waals surface area contributed by atoms with Gasteiger partial charge in [0.15, 0.2) is 11.5 Å². The predicted molar refractivity (Wildman–Crippen MR) is 103 cm³/mol. The van der Waals surface area contributed by atoms with Gasteiger partial charge in [0.25, 0.3) is 5.91 Å². The molecule has 2 aromatic carbocycles. The van der Waals surface area contributed by atoms with Crippen LogP contribution in [-0.4, -0.2) is 28.9 Å². The van der Waals surface area contributed by atoms with Crippen LogP contribution in [0.15, 0.2) is 42.5 Å². The van der Waals surface area contributed by atoms with Gasteiger partial charge in [-0.2, -0.15) is 5.10 Å². The van der Waals surface area contributed by atoms with E-state index in [9.17, 15) is 4.79 Å². The summed E-state index contributed by atoms with van der Waals surface area (Å²) < 4.78 is 12.9. The summed E-state index contributed by atoms with van der Waals surface area (Å²) in [6.07, 6.45) is 0. The molecule has 138 valence electrons. The van der Waals surface area contributed by atoms with Crippen LogP contribution >= 0.6 is 11.6 Å². The number of ether oxygens (including phenoxy) is 2. The van der Waals surface area contributed by atoms with Crippen molar-refractivity contribution in [2.75, 3.05) is 18.5 Å². The van der Waals surface area contributed by atoms with Crippen LogP contribution in [0, 0.1) is 13.8 Å². The average Bonchev–Trinajstić information content (AvgIpc) is 3.00. The number of fused-ring (bicyclic) bond motifs is 1. The minimum Gasteiger partial charge on any atom is -0.486 e. The first-order valence-electron chi connectivity index (χ1n) is 8.55. The molecule has 1 aromatic heterocycles. The number of carbonyl (C=O) groups excluding carboxylic acids is 1. The highest BCUT2D eigenvalue weighted by Gasteiger charge is 2.17. The van der Waals surface area contributed by atoms with Crippen LogP contribution in [-0.2, 0) is 0 Å². The van der Waals surface area contributed by atoms with Gasteiger partial charge in [-0.05, 0) is 44.2 Å². The van der Waals surface area contributed by atoms with E-state index in [0.717, 1.165) is 17.1 Å². The van der Waals surface area contributed by atoms with Gasteiger partial charge in [0.1, 0.15) is 13.2 Å². The van der Waals surface area contributed by atoms with Gasteiger partial charge in [0.2, 0.25) is 0 Å². The third-order valence-corrected chi connectivity index (χ3v) is 4.58. The summed E-state index contributed by atoms with van der Waals surface area (Å²) in [6.45, 7) is 4.89. The molecule has 0 bridgehead atoms. The summed E-state index contributed by atoms with van der Waals surface area (Å²) >= 11 is 6.26. The van der Waals surface area contributed by atoms with Gasteiger partial charge < -0.3 is 14.8 Å². The van der Waals surface area contributed by atoms with Crippen LogP contribution in [0.4, 0.5) is 5.69 Å². The molecule has 0 unspecified atom stereocenters. The first kappa shape index (κ1) is 17.4.